The van der Waals surface area contributed by atoms with Crippen LogP contribution in [0.1, 0.15) is 74.0 Å². The highest BCUT2D eigenvalue weighted by Gasteiger charge is 2.60. The smallest absolute Gasteiger partial charge is 0.329 e. The first kappa shape index (κ1) is 31.4. The van der Waals surface area contributed by atoms with Crippen molar-refractivity contribution in [1.29, 1.82) is 0 Å². The van der Waals surface area contributed by atoms with Gasteiger partial charge in [0.2, 0.25) is 5.91 Å². The van der Waals surface area contributed by atoms with Crippen molar-refractivity contribution < 1.29 is 18.8 Å². The molecule has 0 bridgehead atoms. The van der Waals surface area contributed by atoms with E-state index in [-0.39, 0.29) is 36.2 Å². The number of thioether (sulfide) groups is 1. The molecular weight excluding hydrogens is 534 g/mol. The first-order valence-electron chi connectivity index (χ1n) is 13.5. The summed E-state index contributed by atoms with van der Waals surface area (Å²) in [6.45, 7) is 16.5. The lowest BCUT2D eigenvalue weighted by Crippen LogP contribution is -2.76. The summed E-state index contributed by atoms with van der Waals surface area (Å²) in [7, 11) is 0. The van der Waals surface area contributed by atoms with Gasteiger partial charge in [-0.2, -0.15) is 24.4 Å². The zero-order chi connectivity index (χ0) is 29.3. The van der Waals surface area contributed by atoms with Crippen molar-refractivity contribution in [2.75, 3.05) is 12.8 Å². The lowest BCUT2D eigenvalue weighted by atomic mass is 9.81. The number of thiol groups is 1. The van der Waals surface area contributed by atoms with Crippen LogP contribution >= 0.6 is 24.4 Å². The minimum absolute atomic E-state index is 0.0237. The van der Waals surface area contributed by atoms with E-state index < -0.39 is 28.0 Å². The number of furan rings is 1. The van der Waals surface area contributed by atoms with Gasteiger partial charge < -0.3 is 14.6 Å². The number of nitrogens with one attached hydrogen (secondary N) is 1. The molecule has 11 heteroatoms. The number of imide groups is 1. The lowest BCUT2D eigenvalue weighted by Gasteiger charge is -2.57. The fourth-order valence-corrected chi connectivity index (χ4v) is 6.73. The van der Waals surface area contributed by atoms with E-state index in [1.54, 1.807) is 46.3 Å². The summed E-state index contributed by atoms with van der Waals surface area (Å²) in [5.74, 6) is 0.331. The number of urea groups is 1. The Labute approximate surface area is 242 Å². The highest BCUT2D eigenvalue weighted by atomic mass is 32.2. The van der Waals surface area contributed by atoms with Gasteiger partial charge in [-0.1, -0.05) is 20.8 Å². The van der Waals surface area contributed by atoms with Crippen LogP contribution in [-0.2, 0) is 16.1 Å². The summed E-state index contributed by atoms with van der Waals surface area (Å²) < 4.78 is 4.87. The van der Waals surface area contributed by atoms with Crippen LogP contribution in [0.15, 0.2) is 27.8 Å². The Morgan fingerprint density at radius 1 is 1.18 bits per heavy atom. The molecule has 1 fully saturated rings. The molecule has 3 heterocycles. The maximum absolute atomic E-state index is 14.5. The van der Waals surface area contributed by atoms with Crippen LogP contribution < -0.4 is 5.32 Å². The molecule has 0 radical (unpaired) electrons. The van der Waals surface area contributed by atoms with Crippen LogP contribution in [0.3, 0.4) is 0 Å². The SMILES string of the molecule is CSC(C)(C)C(C)(C)N1C(=O)C2C(N=CN2CC(=O)NCc2ccco2)N(C(C)(CC(C)C)CC(C)S)C1=O. The molecule has 0 spiro atoms. The number of rotatable bonds is 12. The van der Waals surface area contributed by atoms with Crippen LogP contribution in [0, 0.1) is 5.92 Å². The standard InChI is InChI=1S/C28H45N5O4S2/c1-18(2)13-28(8,14-19(3)38)32-23-22(24(35)33(25(32)36)26(4,5)27(6,7)39-9)31(17-30-23)16-21(34)29-15-20-11-10-12-37-20/h10-12,17-19,22-23,38H,13-16H2,1-9H3,(H,29,34). The van der Waals surface area contributed by atoms with E-state index in [9.17, 15) is 14.4 Å². The van der Waals surface area contributed by atoms with E-state index in [0.29, 0.717) is 18.1 Å². The quantitative estimate of drug-likeness (QED) is 0.351. The van der Waals surface area contributed by atoms with Crippen LogP contribution in [0.4, 0.5) is 4.79 Å². The maximum Gasteiger partial charge on any atom is 0.329 e. The van der Waals surface area contributed by atoms with Crippen molar-refractivity contribution in [3.8, 4) is 0 Å². The van der Waals surface area contributed by atoms with Crippen molar-refractivity contribution in [3.63, 3.8) is 0 Å². The fourth-order valence-electron chi connectivity index (χ4n) is 5.74. The second-order valence-corrected chi connectivity index (χ2v) is 14.7. The second kappa shape index (κ2) is 11.8. The molecule has 1 aromatic heterocycles. The van der Waals surface area contributed by atoms with Gasteiger partial charge in [0.1, 0.15) is 5.76 Å². The summed E-state index contributed by atoms with van der Waals surface area (Å²) in [5.41, 5.74) is -1.44. The number of hydrogen-bond donors (Lipinski definition) is 2. The molecule has 0 saturated carbocycles. The van der Waals surface area contributed by atoms with Crippen molar-refractivity contribution >= 4 is 48.6 Å². The molecule has 218 valence electrons. The third-order valence-electron chi connectivity index (χ3n) is 8.22. The zero-order valence-electron chi connectivity index (χ0n) is 24.7. The van der Waals surface area contributed by atoms with E-state index >= 15 is 0 Å². The Bertz CT molecular complexity index is 1060. The van der Waals surface area contributed by atoms with Crippen LogP contribution in [0.2, 0.25) is 0 Å². The van der Waals surface area contributed by atoms with E-state index in [1.807, 2.05) is 40.9 Å². The van der Waals surface area contributed by atoms with E-state index in [4.69, 9.17) is 22.0 Å². The average Bonchev–Trinajstić information content (AvgIpc) is 3.46. The molecule has 1 N–H and O–H groups in total. The van der Waals surface area contributed by atoms with Gasteiger partial charge in [0.25, 0.3) is 5.91 Å². The molecule has 2 aliphatic heterocycles. The van der Waals surface area contributed by atoms with Crippen molar-refractivity contribution in [1.82, 2.24) is 20.0 Å². The molecule has 1 saturated heterocycles. The molecule has 2 aliphatic rings. The summed E-state index contributed by atoms with van der Waals surface area (Å²) in [6.07, 6.45) is 5.72. The summed E-state index contributed by atoms with van der Waals surface area (Å²) in [6, 6.07) is 2.40. The summed E-state index contributed by atoms with van der Waals surface area (Å²) in [4.78, 5) is 51.3. The third kappa shape index (κ3) is 6.29. The molecule has 0 aromatic carbocycles. The normalized spacial score (nSPS) is 22.4. The highest BCUT2D eigenvalue weighted by molar-refractivity contribution is 8.00. The number of amides is 4. The molecule has 0 aliphatic carbocycles. The Morgan fingerprint density at radius 2 is 1.85 bits per heavy atom. The van der Waals surface area contributed by atoms with E-state index in [2.05, 4.69) is 26.1 Å². The molecule has 4 unspecified atom stereocenters. The average molecular weight is 580 g/mol. The van der Waals surface area contributed by atoms with Gasteiger partial charge in [0, 0.05) is 15.5 Å². The van der Waals surface area contributed by atoms with Crippen molar-refractivity contribution in [3.05, 3.63) is 24.2 Å². The van der Waals surface area contributed by atoms with E-state index in [0.717, 1.165) is 6.42 Å². The van der Waals surface area contributed by atoms with Gasteiger partial charge >= 0.3 is 6.03 Å². The minimum atomic E-state index is -0.828. The first-order chi connectivity index (χ1) is 18.1. The zero-order valence-corrected chi connectivity index (χ0v) is 26.4. The summed E-state index contributed by atoms with van der Waals surface area (Å²) >= 11 is 6.31. The molecule has 9 nitrogen and oxygen atoms in total. The molecule has 3 rings (SSSR count). The second-order valence-electron chi connectivity index (χ2n) is 12.4. The molecule has 4 amide bonds. The highest BCUT2D eigenvalue weighted by Crippen LogP contribution is 2.45. The van der Waals surface area contributed by atoms with Crippen molar-refractivity contribution in [2.24, 2.45) is 10.9 Å². The van der Waals surface area contributed by atoms with Crippen molar-refractivity contribution in [2.45, 2.75) is 108 Å². The lowest BCUT2D eigenvalue weighted by molar-refractivity contribution is -0.147. The molecule has 4 atom stereocenters. The van der Waals surface area contributed by atoms with Gasteiger partial charge in [0.05, 0.1) is 31.2 Å². The monoisotopic (exact) mass is 579 g/mol. The van der Waals surface area contributed by atoms with Crippen LogP contribution in [-0.4, -0.2) is 85.0 Å². The number of nitrogens with zero attached hydrogens (tertiary/aromatic N) is 4. The molecule has 1 aromatic rings. The summed E-state index contributed by atoms with van der Waals surface area (Å²) in [5, 5.41) is 2.87. The van der Waals surface area contributed by atoms with Crippen LogP contribution in [0.25, 0.3) is 0 Å². The number of carbonyl (C=O) groups excluding carboxylic acids is 3. The van der Waals surface area contributed by atoms with Gasteiger partial charge in [0.15, 0.2) is 12.2 Å². The van der Waals surface area contributed by atoms with Gasteiger partial charge in [-0.05, 0) is 71.8 Å². The van der Waals surface area contributed by atoms with Crippen LogP contribution in [0.5, 0.6) is 0 Å². The molecular formula is C28H45N5O4S2. The third-order valence-corrected chi connectivity index (χ3v) is 9.92. The topological polar surface area (TPSA) is 98.5 Å². The Kier molecular flexibility index (Phi) is 9.47. The Hall–Kier alpha value is -2.14. The largest absolute Gasteiger partial charge is 0.467 e. The predicted octanol–water partition coefficient (Wildman–Crippen LogP) is 4.63. The first-order valence-corrected chi connectivity index (χ1v) is 15.3. The van der Waals surface area contributed by atoms with Gasteiger partial charge in [-0.3, -0.25) is 19.4 Å². The predicted molar refractivity (Wildman–Crippen MR) is 160 cm³/mol. The Morgan fingerprint density at radius 3 is 2.38 bits per heavy atom. The number of fused-ring (bicyclic) bond motifs is 1. The number of aliphatic imine (C=N–C) groups is 1. The number of carbonyl (C=O) groups is 3. The van der Waals surface area contributed by atoms with Gasteiger partial charge in [-0.25, -0.2) is 9.79 Å². The fraction of sp³-hybridized carbons (Fsp3) is 0.714. The number of hydrogen-bond acceptors (Lipinski definition) is 8. The van der Waals surface area contributed by atoms with Gasteiger partial charge in [-0.15, -0.1) is 0 Å². The van der Waals surface area contributed by atoms with E-state index in [1.165, 1.54) is 4.90 Å². The molecule has 39 heavy (non-hydrogen) atoms. The maximum atomic E-state index is 14.5. The Balaban J connectivity index is 2.02. The minimum Gasteiger partial charge on any atom is -0.467 e.